The minimum atomic E-state index is -0.422. The minimum Gasteiger partial charge on any atom is -0.426 e. The Bertz CT molecular complexity index is 450. The van der Waals surface area contributed by atoms with Gasteiger partial charge < -0.3 is 9.64 Å². The normalized spacial score (nSPS) is 10.0. The number of ether oxygens (including phenoxy) is 1. The fourth-order valence-electron chi connectivity index (χ4n) is 1.83. The zero-order valence-corrected chi connectivity index (χ0v) is 11.3. The number of benzene rings is 1. The second-order valence-electron chi connectivity index (χ2n) is 4.00. The Kier molecular flexibility index (Phi) is 4.89. The third-order valence-electron chi connectivity index (χ3n) is 2.73. The van der Waals surface area contributed by atoms with Gasteiger partial charge in [0.15, 0.2) is 5.78 Å². The van der Waals surface area contributed by atoms with Crippen molar-refractivity contribution >= 4 is 17.4 Å². The van der Waals surface area contributed by atoms with Gasteiger partial charge in [0, 0.05) is 31.8 Å². The molecule has 1 aromatic carbocycles. The fourth-order valence-corrected chi connectivity index (χ4v) is 1.83. The molecular formula is C14H19NO3. The second kappa shape index (κ2) is 6.19. The van der Waals surface area contributed by atoms with E-state index in [4.69, 9.17) is 4.74 Å². The van der Waals surface area contributed by atoms with Crippen LogP contribution in [0.15, 0.2) is 18.2 Å². The molecule has 0 aromatic heterocycles. The number of hydrogen-bond acceptors (Lipinski definition) is 4. The Balaban J connectivity index is 3.19. The van der Waals surface area contributed by atoms with Crippen LogP contribution in [-0.4, -0.2) is 24.8 Å². The number of carbonyl (C=O) groups excluding carboxylic acids is 2. The Morgan fingerprint density at radius 1 is 1.17 bits per heavy atom. The van der Waals surface area contributed by atoms with Gasteiger partial charge in [0.2, 0.25) is 0 Å². The predicted molar refractivity (Wildman–Crippen MR) is 71.3 cm³/mol. The van der Waals surface area contributed by atoms with E-state index in [-0.39, 0.29) is 5.78 Å². The molecule has 0 aliphatic carbocycles. The van der Waals surface area contributed by atoms with Crippen LogP contribution in [0.5, 0.6) is 5.75 Å². The molecule has 0 unspecified atom stereocenters. The van der Waals surface area contributed by atoms with Crippen molar-refractivity contribution in [1.29, 1.82) is 0 Å². The summed E-state index contributed by atoms with van der Waals surface area (Å²) in [6.07, 6.45) is 0. The summed E-state index contributed by atoms with van der Waals surface area (Å²) < 4.78 is 5.10. The first-order valence-corrected chi connectivity index (χ1v) is 6.07. The monoisotopic (exact) mass is 249 g/mol. The van der Waals surface area contributed by atoms with Crippen LogP contribution in [-0.2, 0) is 4.79 Å². The molecule has 0 atom stereocenters. The Morgan fingerprint density at radius 2 is 1.78 bits per heavy atom. The van der Waals surface area contributed by atoms with Gasteiger partial charge in [-0.1, -0.05) is 0 Å². The summed E-state index contributed by atoms with van der Waals surface area (Å²) in [6.45, 7) is 8.60. The van der Waals surface area contributed by atoms with Crippen LogP contribution in [0.4, 0.5) is 5.69 Å². The third kappa shape index (κ3) is 3.32. The van der Waals surface area contributed by atoms with Gasteiger partial charge in [-0.2, -0.15) is 0 Å². The summed E-state index contributed by atoms with van der Waals surface area (Å²) in [5.74, 6) is -0.203. The van der Waals surface area contributed by atoms with Crippen LogP contribution in [0, 0.1) is 0 Å². The molecule has 0 saturated heterocycles. The van der Waals surface area contributed by atoms with Crippen LogP contribution in [0.3, 0.4) is 0 Å². The number of hydrogen-bond donors (Lipinski definition) is 0. The lowest BCUT2D eigenvalue weighted by molar-refractivity contribution is -0.131. The van der Waals surface area contributed by atoms with E-state index in [0.29, 0.717) is 11.3 Å². The first-order valence-electron chi connectivity index (χ1n) is 6.07. The summed E-state index contributed by atoms with van der Waals surface area (Å²) in [5, 5.41) is 0. The standard InChI is InChI=1S/C14H19NO3/c1-5-15(6-2)12-7-8-13(10(3)16)14(9-12)18-11(4)17/h7-9H,5-6H2,1-4H3. The third-order valence-corrected chi connectivity index (χ3v) is 2.73. The van der Waals surface area contributed by atoms with Gasteiger partial charge in [0.05, 0.1) is 5.56 Å². The summed E-state index contributed by atoms with van der Waals surface area (Å²) >= 11 is 0. The first-order chi connectivity index (χ1) is 8.49. The number of nitrogens with zero attached hydrogens (tertiary/aromatic N) is 1. The maximum atomic E-state index is 11.5. The highest BCUT2D eigenvalue weighted by atomic mass is 16.5. The van der Waals surface area contributed by atoms with Gasteiger partial charge in [0.1, 0.15) is 5.75 Å². The molecule has 4 heteroatoms. The van der Waals surface area contributed by atoms with Crippen molar-refractivity contribution < 1.29 is 14.3 Å². The topological polar surface area (TPSA) is 46.6 Å². The lowest BCUT2D eigenvalue weighted by Crippen LogP contribution is -2.22. The summed E-state index contributed by atoms with van der Waals surface area (Å²) in [6, 6.07) is 5.32. The number of ketones is 1. The quantitative estimate of drug-likeness (QED) is 0.457. The van der Waals surface area contributed by atoms with Crippen LogP contribution >= 0.6 is 0 Å². The average molecular weight is 249 g/mol. The van der Waals surface area contributed by atoms with Gasteiger partial charge in [-0.15, -0.1) is 0 Å². The minimum absolute atomic E-state index is 0.114. The molecule has 0 spiro atoms. The summed E-state index contributed by atoms with van der Waals surface area (Å²) in [4.78, 5) is 24.6. The first kappa shape index (κ1) is 14.2. The van der Waals surface area contributed by atoms with Crippen molar-refractivity contribution in [3.8, 4) is 5.75 Å². The van der Waals surface area contributed by atoms with Gasteiger partial charge in [-0.05, 0) is 32.9 Å². The number of anilines is 1. The lowest BCUT2D eigenvalue weighted by Gasteiger charge is -2.22. The highest BCUT2D eigenvalue weighted by molar-refractivity contribution is 5.98. The second-order valence-corrected chi connectivity index (χ2v) is 4.00. The number of esters is 1. The van der Waals surface area contributed by atoms with Crippen LogP contribution in [0.25, 0.3) is 0 Å². The van der Waals surface area contributed by atoms with Crippen molar-refractivity contribution in [3.05, 3.63) is 23.8 Å². The molecule has 0 heterocycles. The Labute approximate surface area is 108 Å². The predicted octanol–water partition coefficient (Wildman–Crippen LogP) is 2.66. The molecular weight excluding hydrogens is 230 g/mol. The van der Waals surface area contributed by atoms with E-state index >= 15 is 0 Å². The molecule has 1 rings (SSSR count). The number of carbonyl (C=O) groups is 2. The van der Waals surface area contributed by atoms with E-state index in [2.05, 4.69) is 4.90 Å². The maximum absolute atomic E-state index is 11.5. The Hall–Kier alpha value is -1.84. The maximum Gasteiger partial charge on any atom is 0.308 e. The van der Waals surface area contributed by atoms with E-state index in [9.17, 15) is 9.59 Å². The van der Waals surface area contributed by atoms with Crippen LogP contribution < -0.4 is 9.64 Å². The largest absolute Gasteiger partial charge is 0.426 e. The van der Waals surface area contributed by atoms with Gasteiger partial charge >= 0.3 is 5.97 Å². The van der Waals surface area contributed by atoms with Crippen molar-refractivity contribution in [3.63, 3.8) is 0 Å². The zero-order chi connectivity index (χ0) is 13.7. The van der Waals surface area contributed by atoms with Crippen LogP contribution in [0.1, 0.15) is 38.1 Å². The summed E-state index contributed by atoms with van der Waals surface area (Å²) in [5.41, 5.74) is 1.38. The van der Waals surface area contributed by atoms with E-state index in [1.807, 2.05) is 19.9 Å². The summed E-state index contributed by atoms with van der Waals surface area (Å²) in [7, 11) is 0. The molecule has 0 saturated carbocycles. The molecule has 0 bridgehead atoms. The average Bonchev–Trinajstić information content (AvgIpc) is 2.29. The molecule has 0 N–H and O–H groups in total. The molecule has 0 radical (unpaired) electrons. The molecule has 18 heavy (non-hydrogen) atoms. The van der Waals surface area contributed by atoms with E-state index < -0.39 is 5.97 Å². The SMILES string of the molecule is CCN(CC)c1ccc(C(C)=O)c(OC(C)=O)c1. The molecule has 0 aliphatic heterocycles. The highest BCUT2D eigenvalue weighted by Gasteiger charge is 2.13. The lowest BCUT2D eigenvalue weighted by atomic mass is 10.1. The molecule has 4 nitrogen and oxygen atoms in total. The molecule has 0 fully saturated rings. The van der Waals surface area contributed by atoms with Gasteiger partial charge in [-0.3, -0.25) is 9.59 Å². The van der Waals surface area contributed by atoms with E-state index in [1.165, 1.54) is 13.8 Å². The molecule has 98 valence electrons. The van der Waals surface area contributed by atoms with Gasteiger partial charge in [0.25, 0.3) is 0 Å². The van der Waals surface area contributed by atoms with Crippen molar-refractivity contribution in [2.75, 3.05) is 18.0 Å². The number of rotatable bonds is 5. The number of Topliss-reactive ketones (excluding diaryl/α,β-unsaturated/α-hetero) is 1. The van der Waals surface area contributed by atoms with E-state index in [0.717, 1.165) is 18.8 Å². The zero-order valence-electron chi connectivity index (χ0n) is 11.3. The van der Waals surface area contributed by atoms with Crippen molar-refractivity contribution in [2.45, 2.75) is 27.7 Å². The molecule has 0 amide bonds. The van der Waals surface area contributed by atoms with Crippen molar-refractivity contribution in [1.82, 2.24) is 0 Å². The van der Waals surface area contributed by atoms with Gasteiger partial charge in [-0.25, -0.2) is 0 Å². The smallest absolute Gasteiger partial charge is 0.308 e. The Morgan fingerprint density at radius 3 is 2.22 bits per heavy atom. The van der Waals surface area contributed by atoms with Crippen molar-refractivity contribution in [2.24, 2.45) is 0 Å². The van der Waals surface area contributed by atoms with E-state index in [1.54, 1.807) is 12.1 Å². The fraction of sp³-hybridized carbons (Fsp3) is 0.429. The molecule has 1 aromatic rings. The highest BCUT2D eigenvalue weighted by Crippen LogP contribution is 2.26. The molecule has 0 aliphatic rings. The van der Waals surface area contributed by atoms with Crippen LogP contribution in [0.2, 0.25) is 0 Å².